The number of nitrogens with one attached hydrogen (secondary N) is 1. The zero-order valence-corrected chi connectivity index (χ0v) is 13.9. The predicted octanol–water partition coefficient (Wildman–Crippen LogP) is 3.98. The largest absolute Gasteiger partial charge is 0.244 e. The van der Waals surface area contributed by atoms with E-state index in [0.717, 1.165) is 18.9 Å². The Morgan fingerprint density at radius 2 is 1.90 bits per heavy atom. The van der Waals surface area contributed by atoms with Gasteiger partial charge in [-0.1, -0.05) is 25.7 Å². The standard InChI is InChI=1S/C14H18BrF2NO2S/c15-12-8-11(16)9-13(17)14(12)21(19,20)18-7-3-6-10-4-1-2-5-10/h8-10,18H,1-7H2. The lowest BCUT2D eigenvalue weighted by Crippen LogP contribution is -2.26. The van der Waals surface area contributed by atoms with Gasteiger partial charge in [0.2, 0.25) is 10.0 Å². The van der Waals surface area contributed by atoms with E-state index in [9.17, 15) is 17.2 Å². The maximum atomic E-state index is 13.7. The molecule has 1 aromatic carbocycles. The number of hydrogen-bond acceptors (Lipinski definition) is 2. The highest BCUT2D eigenvalue weighted by molar-refractivity contribution is 9.10. The Bertz CT molecular complexity index is 578. The summed E-state index contributed by atoms with van der Waals surface area (Å²) in [4.78, 5) is -0.537. The Kier molecular flexibility index (Phi) is 5.73. The van der Waals surface area contributed by atoms with Gasteiger partial charge in [-0.05, 0) is 40.8 Å². The summed E-state index contributed by atoms with van der Waals surface area (Å²) in [6.07, 6.45) is 6.64. The fourth-order valence-corrected chi connectivity index (χ4v) is 4.99. The molecule has 1 aromatic rings. The second kappa shape index (κ2) is 7.15. The Hall–Kier alpha value is -0.530. The summed E-state index contributed by atoms with van der Waals surface area (Å²) in [5.41, 5.74) is 0. The van der Waals surface area contributed by atoms with Crippen LogP contribution in [0.4, 0.5) is 8.78 Å². The summed E-state index contributed by atoms with van der Waals surface area (Å²) >= 11 is 2.90. The smallest absolute Gasteiger partial charge is 0.211 e. The average Bonchev–Trinajstić information content (AvgIpc) is 2.86. The summed E-state index contributed by atoms with van der Waals surface area (Å²) in [5.74, 6) is -1.23. The van der Waals surface area contributed by atoms with Gasteiger partial charge in [-0.15, -0.1) is 0 Å². The van der Waals surface area contributed by atoms with Crippen molar-refractivity contribution in [2.45, 2.75) is 43.4 Å². The molecule has 0 radical (unpaired) electrons. The minimum Gasteiger partial charge on any atom is -0.211 e. The second-order valence-corrected chi connectivity index (χ2v) is 7.95. The van der Waals surface area contributed by atoms with Crippen LogP contribution in [0.5, 0.6) is 0 Å². The van der Waals surface area contributed by atoms with E-state index in [1.165, 1.54) is 25.7 Å². The molecule has 1 saturated carbocycles. The van der Waals surface area contributed by atoms with Crippen LogP contribution < -0.4 is 4.72 Å². The van der Waals surface area contributed by atoms with Crippen molar-refractivity contribution in [3.63, 3.8) is 0 Å². The molecule has 1 N–H and O–H groups in total. The molecule has 1 fully saturated rings. The highest BCUT2D eigenvalue weighted by atomic mass is 79.9. The molecule has 118 valence electrons. The lowest BCUT2D eigenvalue weighted by Gasteiger charge is -2.11. The molecule has 3 nitrogen and oxygen atoms in total. The molecule has 21 heavy (non-hydrogen) atoms. The third kappa shape index (κ3) is 4.47. The van der Waals surface area contributed by atoms with Gasteiger partial charge in [0.05, 0.1) is 0 Å². The van der Waals surface area contributed by atoms with Gasteiger partial charge in [-0.2, -0.15) is 0 Å². The molecule has 7 heteroatoms. The van der Waals surface area contributed by atoms with E-state index in [2.05, 4.69) is 20.7 Å². The maximum Gasteiger partial charge on any atom is 0.244 e. The minimum atomic E-state index is -3.97. The molecule has 0 saturated heterocycles. The third-order valence-corrected chi connectivity index (χ3v) is 6.21. The van der Waals surface area contributed by atoms with E-state index in [1.54, 1.807) is 0 Å². The maximum absolute atomic E-state index is 13.7. The molecule has 0 heterocycles. The Labute approximate surface area is 132 Å². The van der Waals surface area contributed by atoms with Gasteiger partial charge < -0.3 is 0 Å². The Balaban J connectivity index is 1.95. The summed E-state index contributed by atoms with van der Waals surface area (Å²) in [5, 5.41) is 0. The molecule has 2 rings (SSSR count). The van der Waals surface area contributed by atoms with Crippen molar-refractivity contribution in [3.8, 4) is 0 Å². The molecule has 0 atom stereocenters. The van der Waals surface area contributed by atoms with Crippen molar-refractivity contribution in [1.82, 2.24) is 4.72 Å². The van der Waals surface area contributed by atoms with Crippen LogP contribution in [0, 0.1) is 17.6 Å². The van der Waals surface area contributed by atoms with Gasteiger partial charge in [0, 0.05) is 17.1 Å². The lowest BCUT2D eigenvalue weighted by atomic mass is 10.0. The van der Waals surface area contributed by atoms with E-state index in [1.807, 2.05) is 0 Å². The van der Waals surface area contributed by atoms with Crippen molar-refractivity contribution in [1.29, 1.82) is 0 Å². The average molecular weight is 382 g/mol. The van der Waals surface area contributed by atoms with E-state index in [4.69, 9.17) is 0 Å². The zero-order valence-electron chi connectivity index (χ0n) is 11.5. The van der Waals surface area contributed by atoms with Gasteiger partial charge in [0.25, 0.3) is 0 Å². The fraction of sp³-hybridized carbons (Fsp3) is 0.571. The van der Waals surface area contributed by atoms with Crippen LogP contribution in [-0.4, -0.2) is 15.0 Å². The number of halogens is 3. The molecule has 1 aliphatic rings. The minimum absolute atomic E-state index is 0.108. The number of hydrogen-bond donors (Lipinski definition) is 1. The number of benzene rings is 1. The van der Waals surface area contributed by atoms with E-state index >= 15 is 0 Å². The Morgan fingerprint density at radius 3 is 2.52 bits per heavy atom. The summed E-state index contributed by atoms with van der Waals surface area (Å²) < 4.78 is 53.1. The van der Waals surface area contributed by atoms with E-state index < -0.39 is 26.6 Å². The lowest BCUT2D eigenvalue weighted by molar-refractivity contribution is 0.479. The predicted molar refractivity (Wildman–Crippen MR) is 80.4 cm³/mol. The van der Waals surface area contributed by atoms with Gasteiger partial charge in [-0.3, -0.25) is 0 Å². The number of sulfonamides is 1. The van der Waals surface area contributed by atoms with Crippen LogP contribution in [-0.2, 0) is 10.0 Å². The van der Waals surface area contributed by atoms with E-state index in [-0.39, 0.29) is 11.0 Å². The summed E-state index contributed by atoms with van der Waals surface area (Å²) in [6, 6.07) is 1.51. The molecule has 0 aliphatic heterocycles. The first-order valence-electron chi connectivity index (χ1n) is 7.04. The summed E-state index contributed by atoms with van der Waals surface area (Å²) in [7, 11) is -3.97. The SMILES string of the molecule is O=S(=O)(NCCCC1CCCC1)c1c(F)cc(F)cc1Br. The molecule has 0 amide bonds. The molecular formula is C14H18BrF2NO2S. The first-order valence-corrected chi connectivity index (χ1v) is 9.32. The molecular weight excluding hydrogens is 364 g/mol. The fourth-order valence-electron chi connectivity index (χ4n) is 2.75. The van der Waals surface area contributed by atoms with Crippen LogP contribution in [0.2, 0.25) is 0 Å². The number of rotatable bonds is 6. The quantitative estimate of drug-likeness (QED) is 0.757. The monoisotopic (exact) mass is 381 g/mol. The highest BCUT2D eigenvalue weighted by Crippen LogP contribution is 2.29. The van der Waals surface area contributed by atoms with Crippen LogP contribution in [0.1, 0.15) is 38.5 Å². The van der Waals surface area contributed by atoms with Gasteiger partial charge >= 0.3 is 0 Å². The summed E-state index contributed by atoms with van der Waals surface area (Å²) in [6.45, 7) is 0.266. The Morgan fingerprint density at radius 1 is 1.24 bits per heavy atom. The molecule has 1 aliphatic carbocycles. The first kappa shape index (κ1) is 16.8. The van der Waals surface area contributed by atoms with Crippen molar-refractivity contribution in [3.05, 3.63) is 28.2 Å². The first-order chi connectivity index (χ1) is 9.90. The van der Waals surface area contributed by atoms with Crippen LogP contribution >= 0.6 is 15.9 Å². The molecule has 0 bridgehead atoms. The topological polar surface area (TPSA) is 46.2 Å². The molecule has 0 spiro atoms. The van der Waals surface area contributed by atoms with Gasteiger partial charge in [-0.25, -0.2) is 21.9 Å². The molecule has 0 unspecified atom stereocenters. The third-order valence-electron chi connectivity index (χ3n) is 3.79. The van der Waals surface area contributed by atoms with Crippen molar-refractivity contribution < 1.29 is 17.2 Å². The van der Waals surface area contributed by atoms with Crippen LogP contribution in [0.25, 0.3) is 0 Å². The van der Waals surface area contributed by atoms with Gasteiger partial charge in [0.15, 0.2) is 0 Å². The van der Waals surface area contributed by atoms with Crippen LogP contribution in [0.3, 0.4) is 0 Å². The van der Waals surface area contributed by atoms with Crippen molar-refractivity contribution in [2.24, 2.45) is 5.92 Å². The van der Waals surface area contributed by atoms with E-state index in [0.29, 0.717) is 12.0 Å². The normalized spacial score (nSPS) is 16.5. The van der Waals surface area contributed by atoms with Crippen LogP contribution in [0.15, 0.2) is 21.5 Å². The highest BCUT2D eigenvalue weighted by Gasteiger charge is 2.23. The van der Waals surface area contributed by atoms with Crippen molar-refractivity contribution >= 4 is 26.0 Å². The van der Waals surface area contributed by atoms with Gasteiger partial charge in [0.1, 0.15) is 16.5 Å². The van der Waals surface area contributed by atoms with Crippen molar-refractivity contribution in [2.75, 3.05) is 6.54 Å². The second-order valence-electron chi connectivity index (χ2n) is 5.39. The zero-order chi connectivity index (χ0) is 15.5. The molecule has 0 aromatic heterocycles.